The molecule has 1 saturated heterocycles. The predicted molar refractivity (Wildman–Crippen MR) is 92.9 cm³/mol. The molecule has 0 N–H and O–H groups in total. The molecule has 2 aliphatic rings. The summed E-state index contributed by atoms with van der Waals surface area (Å²) in [6.45, 7) is 3.08. The van der Waals surface area contributed by atoms with Crippen molar-refractivity contribution >= 4 is 15.7 Å². The van der Waals surface area contributed by atoms with E-state index in [0.717, 1.165) is 24.1 Å². The SMILES string of the molecule is Cc1nn(C)cc1C1CCCN1C(=O)c1ccn2c1CS(=O)(=O)CC2. The van der Waals surface area contributed by atoms with E-state index in [1.165, 1.54) is 0 Å². The van der Waals surface area contributed by atoms with Crippen molar-refractivity contribution < 1.29 is 13.2 Å². The van der Waals surface area contributed by atoms with Crippen molar-refractivity contribution in [2.75, 3.05) is 12.3 Å². The number of amides is 1. The van der Waals surface area contributed by atoms with Crippen molar-refractivity contribution in [2.24, 2.45) is 7.05 Å². The quantitative estimate of drug-likeness (QED) is 0.810. The van der Waals surface area contributed by atoms with Crippen LogP contribution in [0.4, 0.5) is 0 Å². The molecule has 0 saturated carbocycles. The Kier molecular flexibility index (Phi) is 3.75. The number of nitrogens with zero attached hydrogens (tertiary/aromatic N) is 4. The number of likely N-dealkylation sites (tertiary alicyclic amines) is 1. The normalized spacial score (nSPS) is 22.2. The lowest BCUT2D eigenvalue weighted by Gasteiger charge is -2.25. The van der Waals surface area contributed by atoms with E-state index in [2.05, 4.69) is 5.10 Å². The van der Waals surface area contributed by atoms with Crippen LogP contribution in [0.3, 0.4) is 0 Å². The number of rotatable bonds is 2. The maximum absolute atomic E-state index is 13.2. The van der Waals surface area contributed by atoms with Crippen LogP contribution in [0.1, 0.15) is 46.2 Å². The molecule has 0 bridgehead atoms. The molecule has 1 unspecified atom stereocenters. The van der Waals surface area contributed by atoms with Gasteiger partial charge in [0.05, 0.1) is 28.8 Å². The molecule has 2 aromatic heterocycles. The Morgan fingerprint density at radius 3 is 2.84 bits per heavy atom. The third-order valence-electron chi connectivity index (χ3n) is 5.23. The zero-order chi connectivity index (χ0) is 17.8. The Morgan fingerprint density at radius 1 is 1.32 bits per heavy atom. The highest BCUT2D eigenvalue weighted by Crippen LogP contribution is 2.35. The average Bonchev–Trinajstić information content (AvgIpc) is 3.23. The largest absolute Gasteiger partial charge is 0.349 e. The van der Waals surface area contributed by atoms with E-state index in [9.17, 15) is 13.2 Å². The van der Waals surface area contributed by atoms with Gasteiger partial charge >= 0.3 is 0 Å². The van der Waals surface area contributed by atoms with Crippen molar-refractivity contribution in [3.63, 3.8) is 0 Å². The smallest absolute Gasteiger partial charge is 0.256 e. The number of aryl methyl sites for hydroxylation is 3. The first kappa shape index (κ1) is 16.4. The van der Waals surface area contributed by atoms with Crippen molar-refractivity contribution in [1.29, 1.82) is 0 Å². The zero-order valence-corrected chi connectivity index (χ0v) is 15.3. The molecule has 0 spiro atoms. The Bertz CT molecular complexity index is 941. The van der Waals surface area contributed by atoms with E-state index in [1.807, 2.05) is 35.8 Å². The minimum Gasteiger partial charge on any atom is -0.349 e. The van der Waals surface area contributed by atoms with Crippen LogP contribution in [0, 0.1) is 6.92 Å². The number of hydrogen-bond acceptors (Lipinski definition) is 4. The molecule has 4 rings (SSSR count). The van der Waals surface area contributed by atoms with Crippen LogP contribution in [0.15, 0.2) is 18.5 Å². The van der Waals surface area contributed by atoms with Crippen molar-refractivity contribution in [3.8, 4) is 0 Å². The number of carbonyl (C=O) groups excluding carboxylic acids is 1. The molecule has 0 radical (unpaired) electrons. The average molecular weight is 362 g/mol. The number of carbonyl (C=O) groups is 1. The lowest BCUT2D eigenvalue weighted by Crippen LogP contribution is -2.32. The van der Waals surface area contributed by atoms with Gasteiger partial charge in [0.2, 0.25) is 0 Å². The first-order valence-electron chi connectivity index (χ1n) is 8.55. The van der Waals surface area contributed by atoms with Gasteiger partial charge in [-0.3, -0.25) is 9.48 Å². The summed E-state index contributed by atoms with van der Waals surface area (Å²) in [6.07, 6.45) is 5.66. The Morgan fingerprint density at radius 2 is 2.12 bits per heavy atom. The highest BCUT2D eigenvalue weighted by atomic mass is 32.2. The van der Waals surface area contributed by atoms with Crippen molar-refractivity contribution in [2.45, 2.75) is 38.1 Å². The monoisotopic (exact) mass is 362 g/mol. The van der Waals surface area contributed by atoms with E-state index >= 15 is 0 Å². The van der Waals surface area contributed by atoms with Gasteiger partial charge in [0.1, 0.15) is 0 Å². The molecule has 1 amide bonds. The van der Waals surface area contributed by atoms with E-state index < -0.39 is 9.84 Å². The van der Waals surface area contributed by atoms with Crippen LogP contribution in [0.25, 0.3) is 0 Å². The van der Waals surface area contributed by atoms with Gasteiger partial charge in [-0.2, -0.15) is 5.10 Å². The maximum Gasteiger partial charge on any atom is 0.256 e. The fourth-order valence-electron chi connectivity index (χ4n) is 4.02. The van der Waals surface area contributed by atoms with Crippen molar-refractivity contribution in [3.05, 3.63) is 41.0 Å². The summed E-state index contributed by atoms with van der Waals surface area (Å²) in [5, 5.41) is 4.40. The molecule has 0 aliphatic carbocycles. The molecule has 1 atom stereocenters. The van der Waals surface area contributed by atoms with Gasteiger partial charge in [-0.15, -0.1) is 0 Å². The minimum absolute atomic E-state index is 0.0111. The second-order valence-electron chi connectivity index (χ2n) is 6.96. The molecule has 7 nitrogen and oxygen atoms in total. The van der Waals surface area contributed by atoms with Crippen LogP contribution < -0.4 is 0 Å². The Hall–Kier alpha value is -2.09. The van der Waals surface area contributed by atoms with Crippen LogP contribution in [0.2, 0.25) is 0 Å². The Balaban J connectivity index is 1.67. The summed E-state index contributed by atoms with van der Waals surface area (Å²) in [5.74, 6) is 0.0197. The third kappa shape index (κ3) is 2.78. The first-order chi connectivity index (χ1) is 11.9. The van der Waals surface area contributed by atoms with E-state index in [1.54, 1.807) is 10.7 Å². The molecule has 8 heteroatoms. The highest BCUT2D eigenvalue weighted by Gasteiger charge is 2.35. The molecular formula is C17H22N4O3S. The summed E-state index contributed by atoms with van der Waals surface area (Å²) in [6, 6.07) is 1.78. The van der Waals surface area contributed by atoms with Gasteiger partial charge in [-0.25, -0.2) is 8.42 Å². The summed E-state index contributed by atoms with van der Waals surface area (Å²) >= 11 is 0. The molecule has 25 heavy (non-hydrogen) atoms. The third-order valence-corrected chi connectivity index (χ3v) is 6.75. The molecule has 2 aliphatic heterocycles. The fraction of sp³-hybridized carbons (Fsp3) is 0.529. The van der Waals surface area contributed by atoms with Gasteiger partial charge in [0, 0.05) is 43.8 Å². The van der Waals surface area contributed by atoms with E-state index in [0.29, 0.717) is 24.3 Å². The summed E-state index contributed by atoms with van der Waals surface area (Å²) < 4.78 is 27.7. The second kappa shape index (κ2) is 5.72. The highest BCUT2D eigenvalue weighted by molar-refractivity contribution is 7.90. The van der Waals surface area contributed by atoms with Crippen LogP contribution in [-0.2, 0) is 29.2 Å². The topological polar surface area (TPSA) is 77.2 Å². The lowest BCUT2D eigenvalue weighted by atomic mass is 10.1. The molecular weight excluding hydrogens is 340 g/mol. The fourth-order valence-corrected chi connectivity index (χ4v) is 5.38. The molecule has 2 aromatic rings. The van der Waals surface area contributed by atoms with E-state index in [4.69, 9.17) is 0 Å². The molecule has 0 aromatic carbocycles. The van der Waals surface area contributed by atoms with Crippen LogP contribution in [0.5, 0.6) is 0 Å². The second-order valence-corrected chi connectivity index (χ2v) is 9.15. The molecule has 1 fully saturated rings. The summed E-state index contributed by atoms with van der Waals surface area (Å²) in [4.78, 5) is 15.1. The maximum atomic E-state index is 13.2. The van der Waals surface area contributed by atoms with Gasteiger partial charge in [0.15, 0.2) is 9.84 Å². The molecule has 4 heterocycles. The van der Waals surface area contributed by atoms with Gasteiger partial charge in [-0.05, 0) is 25.8 Å². The number of hydrogen-bond donors (Lipinski definition) is 0. The minimum atomic E-state index is -3.12. The lowest BCUT2D eigenvalue weighted by molar-refractivity contribution is 0.0734. The van der Waals surface area contributed by atoms with Gasteiger partial charge in [-0.1, -0.05) is 0 Å². The van der Waals surface area contributed by atoms with Gasteiger partial charge < -0.3 is 9.47 Å². The first-order valence-corrected chi connectivity index (χ1v) is 10.4. The number of fused-ring (bicyclic) bond motifs is 1. The summed E-state index contributed by atoms with van der Waals surface area (Å²) in [5.41, 5.74) is 3.17. The zero-order valence-electron chi connectivity index (χ0n) is 14.5. The van der Waals surface area contributed by atoms with Crippen LogP contribution in [-0.4, -0.2) is 45.9 Å². The van der Waals surface area contributed by atoms with E-state index in [-0.39, 0.29) is 23.5 Å². The Labute approximate surface area is 147 Å². The van der Waals surface area contributed by atoms with Crippen LogP contribution >= 0.6 is 0 Å². The molecule has 134 valence electrons. The van der Waals surface area contributed by atoms with Crippen molar-refractivity contribution in [1.82, 2.24) is 19.2 Å². The van der Waals surface area contributed by atoms with Gasteiger partial charge in [0.25, 0.3) is 5.91 Å². The standard InChI is InChI=1S/C17H22N4O3S/c1-12-14(10-19(2)18-12)15-4-3-6-21(15)17(22)13-5-7-20-8-9-25(23,24)11-16(13)20/h5,7,10,15H,3-4,6,8-9,11H2,1-2H3. The number of aromatic nitrogens is 3. The predicted octanol–water partition coefficient (Wildman–Crippen LogP) is 1.44. The summed E-state index contributed by atoms with van der Waals surface area (Å²) in [7, 11) is -1.24. The number of sulfone groups is 1.